The van der Waals surface area contributed by atoms with Gasteiger partial charge in [-0.25, -0.2) is 0 Å². The second-order valence-electron chi connectivity index (χ2n) is 3.84. The molecule has 4 nitrogen and oxygen atoms in total. The van der Waals surface area contributed by atoms with Crippen LogP contribution in [0, 0.1) is 12.8 Å². The van der Waals surface area contributed by atoms with Gasteiger partial charge in [0.15, 0.2) is 5.76 Å². The molecule has 1 saturated carbocycles. The monoisotopic (exact) mass is 194 g/mol. The van der Waals surface area contributed by atoms with Crippen LogP contribution in [0.25, 0.3) is 0 Å². The summed E-state index contributed by atoms with van der Waals surface area (Å²) in [6.07, 6.45) is 4.07. The van der Waals surface area contributed by atoms with Gasteiger partial charge in [-0.2, -0.15) is 0 Å². The molecule has 0 N–H and O–H groups in total. The molecular weight excluding hydrogens is 180 g/mol. The number of aromatic nitrogens is 1. The molecule has 1 fully saturated rings. The first-order chi connectivity index (χ1) is 6.68. The maximum atomic E-state index is 11.4. The summed E-state index contributed by atoms with van der Waals surface area (Å²) in [5, 5.41) is 3.68. The van der Waals surface area contributed by atoms with Crippen LogP contribution in [0.3, 0.4) is 0 Å². The first-order valence-electron chi connectivity index (χ1n) is 4.88. The van der Waals surface area contributed by atoms with E-state index in [4.69, 9.17) is 4.52 Å². The topological polar surface area (TPSA) is 46.3 Å². The fourth-order valence-corrected chi connectivity index (χ4v) is 1.51. The summed E-state index contributed by atoms with van der Waals surface area (Å²) in [6.45, 7) is 4.21. The van der Waals surface area contributed by atoms with E-state index in [0.29, 0.717) is 11.7 Å². The lowest BCUT2D eigenvalue weighted by Gasteiger charge is -2.18. The highest BCUT2D eigenvalue weighted by Crippen LogP contribution is 2.32. The summed E-state index contributed by atoms with van der Waals surface area (Å²) in [7, 11) is 0. The fraction of sp³-hybridized carbons (Fsp3) is 0.600. The summed E-state index contributed by atoms with van der Waals surface area (Å²) < 4.78 is 4.95. The zero-order valence-corrected chi connectivity index (χ0v) is 8.49. The van der Waals surface area contributed by atoms with Gasteiger partial charge in [-0.3, -0.25) is 4.79 Å². The molecule has 1 heterocycles. The number of carbonyl (C=O) groups excluding carboxylic acids is 1. The average Bonchev–Trinajstić information content (AvgIpc) is 2.85. The van der Waals surface area contributed by atoms with Gasteiger partial charge in [0, 0.05) is 13.5 Å². The first kappa shape index (κ1) is 9.24. The Balaban J connectivity index is 2.16. The van der Waals surface area contributed by atoms with Gasteiger partial charge in [0.25, 0.3) is 0 Å². The molecule has 1 aliphatic carbocycles. The van der Waals surface area contributed by atoms with Crippen LogP contribution in [0.2, 0.25) is 0 Å². The number of nitrogens with zero attached hydrogens (tertiary/aromatic N) is 2. The normalized spacial score (nSPS) is 15.6. The van der Waals surface area contributed by atoms with Crippen LogP contribution in [0.15, 0.2) is 10.7 Å². The van der Waals surface area contributed by atoms with Gasteiger partial charge in [0.1, 0.15) is 5.69 Å². The molecule has 1 aliphatic rings. The van der Waals surface area contributed by atoms with Crippen LogP contribution < -0.4 is 4.90 Å². The third-order valence-corrected chi connectivity index (χ3v) is 2.53. The van der Waals surface area contributed by atoms with E-state index < -0.39 is 0 Å². The molecule has 0 bridgehead atoms. The van der Waals surface area contributed by atoms with E-state index in [1.165, 1.54) is 12.8 Å². The van der Waals surface area contributed by atoms with E-state index in [1.54, 1.807) is 18.0 Å². The zero-order chi connectivity index (χ0) is 10.1. The molecule has 0 unspecified atom stereocenters. The van der Waals surface area contributed by atoms with Crippen LogP contribution >= 0.6 is 0 Å². The van der Waals surface area contributed by atoms with E-state index >= 15 is 0 Å². The first-order valence-corrected chi connectivity index (χ1v) is 4.88. The maximum Gasteiger partial charge on any atom is 0.224 e. The second-order valence-corrected chi connectivity index (χ2v) is 3.84. The van der Waals surface area contributed by atoms with Crippen LogP contribution in [0.1, 0.15) is 25.5 Å². The van der Waals surface area contributed by atoms with Gasteiger partial charge in [0.05, 0.1) is 6.20 Å². The van der Waals surface area contributed by atoms with Crippen molar-refractivity contribution >= 4 is 11.6 Å². The van der Waals surface area contributed by atoms with E-state index in [2.05, 4.69) is 5.16 Å². The number of carbonyl (C=O) groups is 1. The van der Waals surface area contributed by atoms with Crippen molar-refractivity contribution in [2.75, 3.05) is 11.4 Å². The molecule has 1 aromatic heterocycles. The molecule has 14 heavy (non-hydrogen) atoms. The SMILES string of the molecule is CC(=O)N(CC1CC1)c1cnoc1C. The minimum atomic E-state index is 0.0585. The molecule has 2 rings (SSSR count). The summed E-state index contributed by atoms with van der Waals surface area (Å²) in [5.41, 5.74) is 0.810. The number of rotatable bonds is 3. The van der Waals surface area contributed by atoms with Gasteiger partial charge >= 0.3 is 0 Å². The Hall–Kier alpha value is -1.32. The van der Waals surface area contributed by atoms with Crippen molar-refractivity contribution in [3.05, 3.63) is 12.0 Å². The Morgan fingerprint density at radius 1 is 1.71 bits per heavy atom. The van der Waals surface area contributed by atoms with Gasteiger partial charge in [-0.05, 0) is 25.7 Å². The van der Waals surface area contributed by atoms with Crippen molar-refractivity contribution in [1.29, 1.82) is 0 Å². The zero-order valence-electron chi connectivity index (χ0n) is 8.49. The lowest BCUT2D eigenvalue weighted by atomic mass is 10.3. The Bertz CT molecular complexity index is 342. The largest absolute Gasteiger partial charge is 0.359 e. The van der Waals surface area contributed by atoms with Crippen LogP contribution in [0.4, 0.5) is 5.69 Å². The average molecular weight is 194 g/mol. The molecule has 4 heteroatoms. The van der Waals surface area contributed by atoms with E-state index in [0.717, 1.165) is 12.2 Å². The third-order valence-electron chi connectivity index (χ3n) is 2.53. The quantitative estimate of drug-likeness (QED) is 0.736. The molecule has 76 valence electrons. The predicted octanol–water partition coefficient (Wildman–Crippen LogP) is 1.75. The van der Waals surface area contributed by atoms with Crippen LogP contribution in [-0.2, 0) is 4.79 Å². The van der Waals surface area contributed by atoms with Crippen molar-refractivity contribution in [3.63, 3.8) is 0 Å². The molecule has 0 radical (unpaired) electrons. The lowest BCUT2D eigenvalue weighted by molar-refractivity contribution is -0.116. The summed E-state index contributed by atoms with van der Waals surface area (Å²) >= 11 is 0. The standard InChI is InChI=1S/C10H14N2O2/c1-7-10(5-11-14-7)12(8(2)13)6-9-3-4-9/h5,9H,3-4,6H2,1-2H3. The highest BCUT2D eigenvalue weighted by Gasteiger charge is 2.27. The number of hydrogen-bond acceptors (Lipinski definition) is 3. The number of anilines is 1. The summed E-state index contributed by atoms with van der Waals surface area (Å²) in [5.74, 6) is 1.44. The van der Waals surface area contributed by atoms with E-state index in [9.17, 15) is 4.79 Å². The molecule has 0 atom stereocenters. The van der Waals surface area contributed by atoms with Gasteiger partial charge in [0.2, 0.25) is 5.91 Å². The Morgan fingerprint density at radius 2 is 2.43 bits per heavy atom. The van der Waals surface area contributed by atoms with Crippen molar-refractivity contribution < 1.29 is 9.32 Å². The van der Waals surface area contributed by atoms with Gasteiger partial charge < -0.3 is 9.42 Å². The predicted molar refractivity (Wildman–Crippen MR) is 52.0 cm³/mol. The Labute approximate surface area is 82.9 Å². The van der Waals surface area contributed by atoms with Gasteiger partial charge in [-0.1, -0.05) is 5.16 Å². The van der Waals surface area contributed by atoms with E-state index in [1.807, 2.05) is 6.92 Å². The molecule has 0 saturated heterocycles. The van der Waals surface area contributed by atoms with Crippen molar-refractivity contribution in [2.45, 2.75) is 26.7 Å². The Morgan fingerprint density at radius 3 is 2.86 bits per heavy atom. The smallest absolute Gasteiger partial charge is 0.224 e. The third kappa shape index (κ3) is 1.78. The Kier molecular flexibility index (Phi) is 2.27. The molecule has 1 amide bonds. The van der Waals surface area contributed by atoms with Crippen LogP contribution in [0.5, 0.6) is 0 Å². The molecule has 0 spiro atoms. The van der Waals surface area contributed by atoms with Crippen molar-refractivity contribution in [3.8, 4) is 0 Å². The maximum absolute atomic E-state index is 11.4. The summed E-state index contributed by atoms with van der Waals surface area (Å²) in [4.78, 5) is 13.2. The highest BCUT2D eigenvalue weighted by molar-refractivity contribution is 5.91. The fourth-order valence-electron chi connectivity index (χ4n) is 1.51. The minimum absolute atomic E-state index is 0.0585. The minimum Gasteiger partial charge on any atom is -0.359 e. The number of aryl methyl sites for hydroxylation is 1. The van der Waals surface area contributed by atoms with Crippen molar-refractivity contribution in [2.24, 2.45) is 5.92 Å². The molecular formula is C10H14N2O2. The van der Waals surface area contributed by atoms with Gasteiger partial charge in [-0.15, -0.1) is 0 Å². The van der Waals surface area contributed by atoms with E-state index in [-0.39, 0.29) is 5.91 Å². The second kappa shape index (κ2) is 3.44. The lowest BCUT2D eigenvalue weighted by Crippen LogP contribution is -2.30. The number of amides is 1. The highest BCUT2D eigenvalue weighted by atomic mass is 16.5. The van der Waals surface area contributed by atoms with Crippen LogP contribution in [-0.4, -0.2) is 17.6 Å². The molecule has 0 aromatic carbocycles. The number of hydrogen-bond donors (Lipinski definition) is 0. The van der Waals surface area contributed by atoms with Crippen molar-refractivity contribution in [1.82, 2.24) is 5.16 Å². The molecule has 1 aromatic rings. The molecule has 0 aliphatic heterocycles. The summed E-state index contributed by atoms with van der Waals surface area (Å²) in [6, 6.07) is 0.